The fourth-order valence-corrected chi connectivity index (χ4v) is 2.75. The number of rotatable bonds is 1. The molecule has 1 atom stereocenters. The van der Waals surface area contributed by atoms with Gasteiger partial charge < -0.3 is 14.3 Å². The summed E-state index contributed by atoms with van der Waals surface area (Å²) in [5, 5.41) is 0. The second kappa shape index (κ2) is 4.23. The van der Waals surface area contributed by atoms with Crippen molar-refractivity contribution in [2.75, 3.05) is 13.2 Å². The topological polar surface area (TPSA) is 29.9 Å². The van der Waals surface area contributed by atoms with E-state index in [1.807, 2.05) is 10.6 Å². The Hall–Kier alpha value is -1.20. The molecule has 1 fully saturated rings. The second-order valence-electron chi connectivity index (χ2n) is 4.31. The second-order valence-corrected chi connectivity index (χ2v) is 4.69. The molecule has 1 aliphatic rings. The number of nitrogens with one attached hydrogen (secondary N) is 1. The highest BCUT2D eigenvalue weighted by molar-refractivity contribution is 7.71. The molecular formula is C12H13FN2OS. The zero-order valence-electron chi connectivity index (χ0n) is 9.28. The van der Waals surface area contributed by atoms with Gasteiger partial charge in [0, 0.05) is 6.61 Å². The van der Waals surface area contributed by atoms with E-state index >= 15 is 0 Å². The first-order valence-electron chi connectivity index (χ1n) is 5.74. The third-order valence-electron chi connectivity index (χ3n) is 3.20. The first kappa shape index (κ1) is 10.9. The monoisotopic (exact) mass is 252 g/mol. The lowest BCUT2D eigenvalue weighted by Gasteiger charge is -2.23. The number of ether oxygens (including phenoxy) is 1. The molecule has 5 heteroatoms. The van der Waals surface area contributed by atoms with Gasteiger partial charge in [-0.25, -0.2) is 4.39 Å². The Balaban J connectivity index is 2.18. The number of aromatic amines is 1. The Labute approximate surface area is 103 Å². The molecule has 1 aromatic carbocycles. The standard InChI is InChI=1S/C12H13FN2OS/c13-9-4-1-5-10-11(9)14-12(17)15(10)8-3-2-6-16-7-8/h1,4-5,8H,2-3,6-7H2,(H,14,17). The van der Waals surface area contributed by atoms with Crippen molar-refractivity contribution >= 4 is 23.3 Å². The van der Waals surface area contributed by atoms with Crippen molar-refractivity contribution in [1.82, 2.24) is 9.55 Å². The van der Waals surface area contributed by atoms with E-state index in [1.165, 1.54) is 6.07 Å². The van der Waals surface area contributed by atoms with Gasteiger partial charge in [-0.15, -0.1) is 0 Å². The van der Waals surface area contributed by atoms with Gasteiger partial charge in [0.25, 0.3) is 0 Å². The Morgan fingerprint density at radius 1 is 1.47 bits per heavy atom. The molecule has 0 amide bonds. The molecule has 1 aromatic heterocycles. The van der Waals surface area contributed by atoms with Gasteiger partial charge in [0.15, 0.2) is 4.77 Å². The molecule has 0 radical (unpaired) electrons. The number of nitrogens with zero attached hydrogens (tertiary/aromatic N) is 1. The molecule has 0 saturated carbocycles. The molecule has 17 heavy (non-hydrogen) atoms. The highest BCUT2D eigenvalue weighted by Crippen LogP contribution is 2.26. The Morgan fingerprint density at radius 2 is 2.35 bits per heavy atom. The van der Waals surface area contributed by atoms with Crippen LogP contribution in [0.1, 0.15) is 18.9 Å². The maximum absolute atomic E-state index is 13.6. The van der Waals surface area contributed by atoms with Crippen molar-refractivity contribution in [1.29, 1.82) is 0 Å². The SMILES string of the molecule is Fc1cccc2c1[nH]c(=S)n2C1CCCOC1. The van der Waals surface area contributed by atoms with Crippen molar-refractivity contribution in [3.63, 3.8) is 0 Å². The van der Waals surface area contributed by atoms with Gasteiger partial charge in [0.2, 0.25) is 0 Å². The highest BCUT2D eigenvalue weighted by Gasteiger charge is 2.19. The number of halogens is 1. The van der Waals surface area contributed by atoms with Gasteiger partial charge in [-0.05, 0) is 37.2 Å². The number of imidazole rings is 1. The third kappa shape index (κ3) is 1.79. The third-order valence-corrected chi connectivity index (χ3v) is 3.50. The lowest BCUT2D eigenvalue weighted by molar-refractivity contribution is 0.0600. The van der Waals surface area contributed by atoms with Crippen molar-refractivity contribution in [3.8, 4) is 0 Å². The van der Waals surface area contributed by atoms with Crippen molar-refractivity contribution in [2.24, 2.45) is 0 Å². The van der Waals surface area contributed by atoms with E-state index < -0.39 is 0 Å². The maximum Gasteiger partial charge on any atom is 0.178 e. The predicted molar refractivity (Wildman–Crippen MR) is 66.2 cm³/mol. The van der Waals surface area contributed by atoms with Crippen LogP contribution in [0.25, 0.3) is 11.0 Å². The molecule has 1 N–H and O–H groups in total. The molecule has 3 rings (SSSR count). The zero-order valence-corrected chi connectivity index (χ0v) is 10.1. The summed E-state index contributed by atoms with van der Waals surface area (Å²) < 4.78 is 21.6. The van der Waals surface area contributed by atoms with E-state index in [0.717, 1.165) is 25.0 Å². The number of aromatic nitrogens is 2. The van der Waals surface area contributed by atoms with E-state index in [2.05, 4.69) is 4.98 Å². The van der Waals surface area contributed by atoms with Crippen molar-refractivity contribution in [2.45, 2.75) is 18.9 Å². The lowest BCUT2D eigenvalue weighted by atomic mass is 10.1. The Bertz CT molecular complexity index is 598. The van der Waals surface area contributed by atoms with E-state index in [-0.39, 0.29) is 11.9 Å². The maximum atomic E-state index is 13.6. The van der Waals surface area contributed by atoms with Gasteiger partial charge in [-0.1, -0.05) is 6.07 Å². The van der Waals surface area contributed by atoms with Gasteiger partial charge >= 0.3 is 0 Å². The van der Waals surface area contributed by atoms with E-state index in [1.54, 1.807) is 6.07 Å². The smallest absolute Gasteiger partial charge is 0.178 e. The molecule has 2 heterocycles. The number of para-hydroxylation sites is 1. The van der Waals surface area contributed by atoms with Crippen LogP contribution in [0.2, 0.25) is 0 Å². The minimum Gasteiger partial charge on any atom is -0.379 e. The van der Waals surface area contributed by atoms with Crippen LogP contribution in [0.15, 0.2) is 18.2 Å². The Morgan fingerprint density at radius 3 is 3.12 bits per heavy atom. The normalized spacial score (nSPS) is 20.9. The van der Waals surface area contributed by atoms with E-state index in [0.29, 0.717) is 16.9 Å². The van der Waals surface area contributed by atoms with Crippen LogP contribution in [-0.2, 0) is 4.74 Å². The van der Waals surface area contributed by atoms with E-state index in [9.17, 15) is 4.39 Å². The van der Waals surface area contributed by atoms with Crippen LogP contribution in [-0.4, -0.2) is 22.8 Å². The fraction of sp³-hybridized carbons (Fsp3) is 0.417. The molecule has 1 aliphatic heterocycles. The summed E-state index contributed by atoms with van der Waals surface area (Å²) in [6, 6.07) is 5.25. The van der Waals surface area contributed by atoms with Crippen LogP contribution >= 0.6 is 12.2 Å². The first-order chi connectivity index (χ1) is 8.27. The number of hydrogen-bond donors (Lipinski definition) is 1. The summed E-state index contributed by atoms with van der Waals surface area (Å²) in [6.07, 6.45) is 2.05. The van der Waals surface area contributed by atoms with Crippen LogP contribution in [0.3, 0.4) is 0 Å². The van der Waals surface area contributed by atoms with Crippen molar-refractivity contribution in [3.05, 3.63) is 28.8 Å². The van der Waals surface area contributed by atoms with Crippen LogP contribution in [0.4, 0.5) is 4.39 Å². The van der Waals surface area contributed by atoms with Crippen LogP contribution in [0, 0.1) is 10.6 Å². The largest absolute Gasteiger partial charge is 0.379 e. The Kier molecular flexibility index (Phi) is 2.72. The minimum atomic E-state index is -0.260. The molecular weight excluding hydrogens is 239 g/mol. The molecule has 1 saturated heterocycles. The number of benzene rings is 1. The summed E-state index contributed by atoms with van der Waals surface area (Å²) in [7, 11) is 0. The first-order valence-corrected chi connectivity index (χ1v) is 6.14. The summed E-state index contributed by atoms with van der Waals surface area (Å²) in [5.74, 6) is -0.260. The predicted octanol–water partition coefficient (Wildman–Crippen LogP) is 3.19. The molecule has 3 nitrogen and oxygen atoms in total. The quantitative estimate of drug-likeness (QED) is 0.790. The summed E-state index contributed by atoms with van der Waals surface area (Å²) in [5.41, 5.74) is 1.31. The van der Waals surface area contributed by atoms with Crippen molar-refractivity contribution < 1.29 is 9.13 Å². The minimum absolute atomic E-state index is 0.215. The molecule has 0 spiro atoms. The van der Waals surface area contributed by atoms with E-state index in [4.69, 9.17) is 17.0 Å². The molecule has 1 unspecified atom stereocenters. The van der Waals surface area contributed by atoms with Gasteiger partial charge in [0.1, 0.15) is 11.3 Å². The number of H-pyrrole nitrogens is 1. The average molecular weight is 252 g/mol. The van der Waals surface area contributed by atoms with Crippen LogP contribution in [0.5, 0.6) is 0 Å². The summed E-state index contributed by atoms with van der Waals surface area (Å²) in [6.45, 7) is 1.46. The highest BCUT2D eigenvalue weighted by atomic mass is 32.1. The summed E-state index contributed by atoms with van der Waals surface area (Å²) in [4.78, 5) is 2.94. The van der Waals surface area contributed by atoms with Gasteiger partial charge in [-0.2, -0.15) is 0 Å². The number of hydrogen-bond acceptors (Lipinski definition) is 2. The lowest BCUT2D eigenvalue weighted by Crippen LogP contribution is -2.21. The fourth-order valence-electron chi connectivity index (χ4n) is 2.40. The summed E-state index contributed by atoms with van der Waals surface area (Å²) >= 11 is 5.28. The molecule has 90 valence electrons. The molecule has 0 aliphatic carbocycles. The zero-order chi connectivity index (χ0) is 11.8. The number of fused-ring (bicyclic) bond motifs is 1. The van der Waals surface area contributed by atoms with Crippen LogP contribution < -0.4 is 0 Å². The van der Waals surface area contributed by atoms with Gasteiger partial charge in [0.05, 0.1) is 18.2 Å². The van der Waals surface area contributed by atoms with Gasteiger partial charge in [-0.3, -0.25) is 0 Å². The molecule has 2 aromatic rings. The average Bonchev–Trinajstić information content (AvgIpc) is 2.68. The molecule has 0 bridgehead atoms.